The fourth-order valence-electron chi connectivity index (χ4n) is 3.01. The summed E-state index contributed by atoms with van der Waals surface area (Å²) in [6.45, 7) is 2.33. The van der Waals surface area contributed by atoms with E-state index in [1.165, 1.54) is 4.90 Å². The van der Waals surface area contributed by atoms with Gasteiger partial charge in [0.05, 0.1) is 17.6 Å². The van der Waals surface area contributed by atoms with Gasteiger partial charge in [0.15, 0.2) is 0 Å². The van der Waals surface area contributed by atoms with Crippen LogP contribution >= 0.6 is 0 Å². The molecule has 0 radical (unpaired) electrons. The van der Waals surface area contributed by atoms with E-state index >= 15 is 0 Å². The lowest BCUT2D eigenvalue weighted by Crippen LogP contribution is -2.31. The van der Waals surface area contributed by atoms with Gasteiger partial charge >= 0.3 is 6.03 Å². The normalized spacial score (nSPS) is 10.8. The molecule has 1 N–H and O–H groups in total. The third-order valence-electron chi connectivity index (χ3n) is 4.62. The topological polar surface area (TPSA) is 70.5 Å². The fourth-order valence-corrected chi connectivity index (χ4v) is 3.01. The minimum absolute atomic E-state index is 0.0660. The third-order valence-corrected chi connectivity index (χ3v) is 4.62. The molecular weight excluding hydrogens is 354 g/mol. The molecule has 28 heavy (non-hydrogen) atoms. The lowest BCUT2D eigenvalue weighted by Gasteiger charge is -2.18. The van der Waals surface area contributed by atoms with Crippen molar-refractivity contribution in [3.63, 3.8) is 0 Å². The first-order chi connectivity index (χ1) is 13.3. The molecule has 3 aromatic rings. The lowest BCUT2D eigenvalue weighted by molar-refractivity contribution is 0.0827. The number of hydrogen-bond donors (Lipinski definition) is 1. The van der Waals surface area contributed by atoms with E-state index in [0.29, 0.717) is 12.1 Å². The summed E-state index contributed by atoms with van der Waals surface area (Å²) in [7, 11) is 7.08. The molecule has 0 spiro atoms. The zero-order valence-corrected chi connectivity index (χ0v) is 16.9. The number of urea groups is 1. The first kappa shape index (κ1) is 19.4. The van der Waals surface area contributed by atoms with E-state index < -0.39 is 0 Å². The molecule has 7 heteroatoms. The Bertz CT molecular complexity index is 1040. The van der Waals surface area contributed by atoms with E-state index in [9.17, 15) is 9.59 Å². The molecule has 0 unspecified atom stereocenters. The van der Waals surface area contributed by atoms with Gasteiger partial charge in [0.2, 0.25) is 0 Å². The lowest BCUT2D eigenvalue weighted by atomic mass is 10.2. The maximum atomic E-state index is 12.5. The van der Waals surface area contributed by atoms with E-state index in [-0.39, 0.29) is 11.9 Å². The Morgan fingerprint density at radius 3 is 2.54 bits per heavy atom. The Morgan fingerprint density at radius 2 is 1.86 bits per heavy atom. The van der Waals surface area contributed by atoms with Crippen LogP contribution in [0.4, 0.5) is 10.5 Å². The Kier molecular flexibility index (Phi) is 5.35. The second kappa shape index (κ2) is 7.72. The first-order valence-corrected chi connectivity index (χ1v) is 9.02. The van der Waals surface area contributed by atoms with Gasteiger partial charge in [-0.25, -0.2) is 9.78 Å². The number of rotatable bonds is 4. The van der Waals surface area contributed by atoms with Gasteiger partial charge in [-0.05, 0) is 42.8 Å². The standard InChI is InChI=1S/C21H25N5O2/c1-14-7-6-8-16(11-14)22-21(28)25(4)13-19-23-17-12-15(20(27)24(2)3)9-10-18(17)26(19)5/h6-12H,13H2,1-5H3,(H,22,28). The molecule has 0 bridgehead atoms. The predicted molar refractivity (Wildman–Crippen MR) is 110 cm³/mol. The monoisotopic (exact) mass is 379 g/mol. The molecule has 0 aliphatic rings. The van der Waals surface area contributed by atoms with Crippen LogP contribution in [0.2, 0.25) is 0 Å². The molecule has 7 nitrogen and oxygen atoms in total. The number of carbonyl (C=O) groups is 2. The highest BCUT2D eigenvalue weighted by Crippen LogP contribution is 2.19. The highest BCUT2D eigenvalue weighted by molar-refractivity contribution is 5.97. The van der Waals surface area contributed by atoms with Crippen LogP contribution in [-0.4, -0.2) is 52.4 Å². The number of anilines is 1. The number of aromatic nitrogens is 2. The molecule has 0 atom stereocenters. The number of carbonyl (C=O) groups excluding carboxylic acids is 2. The molecule has 0 fully saturated rings. The van der Waals surface area contributed by atoms with Crippen LogP contribution in [0.15, 0.2) is 42.5 Å². The number of hydrogen-bond acceptors (Lipinski definition) is 3. The molecule has 3 rings (SSSR count). The van der Waals surface area contributed by atoms with Crippen molar-refractivity contribution >= 4 is 28.7 Å². The Balaban J connectivity index is 1.78. The second-order valence-corrected chi connectivity index (χ2v) is 7.15. The maximum absolute atomic E-state index is 12.5. The van der Waals surface area contributed by atoms with Crippen molar-refractivity contribution < 1.29 is 9.59 Å². The van der Waals surface area contributed by atoms with Crippen LogP contribution in [0.3, 0.4) is 0 Å². The molecule has 1 heterocycles. The van der Waals surface area contributed by atoms with Crippen molar-refractivity contribution in [1.29, 1.82) is 0 Å². The van der Waals surface area contributed by atoms with Crippen molar-refractivity contribution in [2.45, 2.75) is 13.5 Å². The number of nitrogens with zero attached hydrogens (tertiary/aromatic N) is 4. The van der Waals surface area contributed by atoms with Crippen LogP contribution in [0.5, 0.6) is 0 Å². The van der Waals surface area contributed by atoms with Gasteiger partial charge in [0.25, 0.3) is 5.91 Å². The second-order valence-electron chi connectivity index (χ2n) is 7.15. The Hall–Kier alpha value is -3.35. The van der Waals surface area contributed by atoms with Crippen LogP contribution < -0.4 is 5.32 Å². The Labute approximate surface area is 164 Å². The van der Waals surface area contributed by atoms with Crippen molar-refractivity contribution in [3.05, 3.63) is 59.4 Å². The summed E-state index contributed by atoms with van der Waals surface area (Å²) in [5.74, 6) is 0.676. The van der Waals surface area contributed by atoms with Gasteiger partial charge in [-0.2, -0.15) is 0 Å². The predicted octanol–water partition coefficient (Wildman–Crippen LogP) is 3.25. The molecule has 3 amide bonds. The molecular formula is C21H25N5O2. The van der Waals surface area contributed by atoms with Gasteiger partial charge < -0.3 is 19.7 Å². The fraction of sp³-hybridized carbons (Fsp3) is 0.286. The van der Waals surface area contributed by atoms with Gasteiger partial charge in [-0.15, -0.1) is 0 Å². The molecule has 1 aromatic heterocycles. The average molecular weight is 379 g/mol. The van der Waals surface area contributed by atoms with Gasteiger partial charge in [0, 0.05) is 39.4 Å². The van der Waals surface area contributed by atoms with Crippen molar-refractivity contribution in [3.8, 4) is 0 Å². The first-order valence-electron chi connectivity index (χ1n) is 9.02. The summed E-state index contributed by atoms with van der Waals surface area (Å²) in [6.07, 6.45) is 0. The van der Waals surface area contributed by atoms with Gasteiger partial charge in [0.1, 0.15) is 5.82 Å². The highest BCUT2D eigenvalue weighted by atomic mass is 16.2. The van der Waals surface area contributed by atoms with E-state index in [1.54, 1.807) is 38.2 Å². The van der Waals surface area contributed by atoms with Crippen molar-refractivity contribution in [2.75, 3.05) is 26.5 Å². The van der Waals surface area contributed by atoms with Crippen LogP contribution in [0.1, 0.15) is 21.7 Å². The minimum atomic E-state index is -0.207. The summed E-state index contributed by atoms with van der Waals surface area (Å²) < 4.78 is 1.94. The van der Waals surface area contributed by atoms with Crippen LogP contribution in [0, 0.1) is 6.92 Å². The maximum Gasteiger partial charge on any atom is 0.321 e. The number of imidazole rings is 1. The number of benzene rings is 2. The molecule has 0 saturated carbocycles. The minimum Gasteiger partial charge on any atom is -0.345 e. The van der Waals surface area contributed by atoms with E-state index in [2.05, 4.69) is 10.3 Å². The number of nitrogens with one attached hydrogen (secondary N) is 1. The quantitative estimate of drug-likeness (QED) is 0.756. The molecule has 146 valence electrons. The van der Waals surface area contributed by atoms with Crippen LogP contribution in [0.25, 0.3) is 11.0 Å². The summed E-state index contributed by atoms with van der Waals surface area (Å²) in [4.78, 5) is 32.4. The van der Waals surface area contributed by atoms with Crippen LogP contribution in [-0.2, 0) is 13.6 Å². The largest absolute Gasteiger partial charge is 0.345 e. The van der Waals surface area contributed by atoms with E-state index in [4.69, 9.17) is 0 Å². The Morgan fingerprint density at radius 1 is 1.11 bits per heavy atom. The molecule has 0 aliphatic heterocycles. The highest BCUT2D eigenvalue weighted by Gasteiger charge is 2.16. The number of amides is 3. The summed E-state index contributed by atoms with van der Waals surface area (Å²) >= 11 is 0. The van der Waals surface area contributed by atoms with E-state index in [1.807, 2.05) is 48.9 Å². The smallest absolute Gasteiger partial charge is 0.321 e. The number of aryl methyl sites for hydroxylation is 2. The average Bonchev–Trinajstić information content (AvgIpc) is 2.96. The number of fused-ring (bicyclic) bond motifs is 1. The molecule has 0 aliphatic carbocycles. The SMILES string of the molecule is Cc1cccc(NC(=O)N(C)Cc2nc3cc(C(=O)N(C)C)ccc3n2C)c1. The zero-order chi connectivity index (χ0) is 20.4. The molecule has 2 aromatic carbocycles. The van der Waals surface area contributed by atoms with Crippen molar-refractivity contribution in [2.24, 2.45) is 7.05 Å². The van der Waals surface area contributed by atoms with Gasteiger partial charge in [-0.1, -0.05) is 12.1 Å². The zero-order valence-electron chi connectivity index (χ0n) is 16.9. The van der Waals surface area contributed by atoms with E-state index in [0.717, 1.165) is 28.1 Å². The van der Waals surface area contributed by atoms with Gasteiger partial charge in [-0.3, -0.25) is 4.79 Å². The summed E-state index contributed by atoms with van der Waals surface area (Å²) in [6, 6.07) is 12.9. The van der Waals surface area contributed by atoms with Crippen molar-refractivity contribution in [1.82, 2.24) is 19.4 Å². The summed E-state index contributed by atoms with van der Waals surface area (Å²) in [5, 5.41) is 2.89. The third kappa shape index (κ3) is 3.98. The summed E-state index contributed by atoms with van der Waals surface area (Å²) in [5.41, 5.74) is 4.08. The molecule has 0 saturated heterocycles.